The van der Waals surface area contributed by atoms with E-state index in [1.807, 2.05) is 0 Å². The van der Waals surface area contributed by atoms with Crippen LogP contribution in [-0.2, 0) is 0 Å². The van der Waals surface area contributed by atoms with Crippen LogP contribution in [-0.4, -0.2) is 12.6 Å². The van der Waals surface area contributed by atoms with E-state index in [9.17, 15) is 0 Å². The van der Waals surface area contributed by atoms with Gasteiger partial charge in [-0.2, -0.15) is 0 Å². The molecular formula is C17H20BrNO. The van der Waals surface area contributed by atoms with E-state index in [-0.39, 0.29) is 6.10 Å². The number of hydrogen-bond acceptors (Lipinski definition) is 2. The Morgan fingerprint density at radius 3 is 2.80 bits per heavy atom. The highest BCUT2D eigenvalue weighted by atomic mass is 79.9. The minimum absolute atomic E-state index is 0.239. The van der Waals surface area contributed by atoms with Crippen LogP contribution in [0.5, 0.6) is 5.75 Å². The molecule has 0 bridgehead atoms. The molecule has 2 aromatic rings. The van der Waals surface area contributed by atoms with E-state index in [4.69, 9.17) is 4.74 Å². The topological polar surface area (TPSA) is 21.3 Å². The van der Waals surface area contributed by atoms with E-state index in [1.54, 1.807) is 0 Å². The molecule has 0 spiro atoms. The van der Waals surface area contributed by atoms with Crippen LogP contribution in [0.1, 0.15) is 38.3 Å². The van der Waals surface area contributed by atoms with Crippen molar-refractivity contribution in [3.63, 3.8) is 0 Å². The Balaban J connectivity index is 2.12. The first-order valence-electron chi connectivity index (χ1n) is 7.37. The molecular weight excluding hydrogens is 314 g/mol. The molecule has 0 radical (unpaired) electrons. The number of fused-ring (bicyclic) bond motifs is 2. The summed E-state index contributed by atoms with van der Waals surface area (Å²) in [6.07, 6.45) is 2.45. The number of benzene rings is 2. The van der Waals surface area contributed by atoms with Crippen LogP contribution in [0, 0.1) is 0 Å². The highest BCUT2D eigenvalue weighted by Gasteiger charge is 2.35. The molecule has 2 atom stereocenters. The van der Waals surface area contributed by atoms with Crippen LogP contribution in [0.25, 0.3) is 10.8 Å². The Kier molecular flexibility index (Phi) is 3.99. The number of rotatable bonds is 4. The third kappa shape index (κ3) is 2.23. The highest BCUT2D eigenvalue weighted by Crippen LogP contribution is 2.46. The first kappa shape index (κ1) is 13.9. The van der Waals surface area contributed by atoms with Crippen LogP contribution in [0.3, 0.4) is 0 Å². The van der Waals surface area contributed by atoms with Crippen molar-refractivity contribution in [1.29, 1.82) is 0 Å². The summed E-state index contributed by atoms with van der Waals surface area (Å²) in [5.74, 6) is 1.02. The van der Waals surface area contributed by atoms with Crippen molar-refractivity contribution in [3.8, 4) is 5.75 Å². The van der Waals surface area contributed by atoms with Gasteiger partial charge in [-0.15, -0.1) is 0 Å². The molecule has 1 heterocycles. The fourth-order valence-corrected chi connectivity index (χ4v) is 3.73. The largest absolute Gasteiger partial charge is 0.487 e. The zero-order chi connectivity index (χ0) is 14.1. The van der Waals surface area contributed by atoms with E-state index < -0.39 is 0 Å². The summed E-state index contributed by atoms with van der Waals surface area (Å²) < 4.78 is 7.33. The van der Waals surface area contributed by atoms with Crippen molar-refractivity contribution in [2.24, 2.45) is 0 Å². The summed E-state index contributed by atoms with van der Waals surface area (Å²) in [5.41, 5.74) is 1.29. The molecule has 1 aliphatic heterocycles. The van der Waals surface area contributed by atoms with Gasteiger partial charge in [0.05, 0.1) is 10.5 Å². The molecule has 0 amide bonds. The molecule has 2 nitrogen and oxygen atoms in total. The van der Waals surface area contributed by atoms with E-state index in [1.165, 1.54) is 16.3 Å². The van der Waals surface area contributed by atoms with Crippen molar-refractivity contribution in [2.75, 3.05) is 6.54 Å². The fourth-order valence-electron chi connectivity index (χ4n) is 3.05. The van der Waals surface area contributed by atoms with Gasteiger partial charge >= 0.3 is 0 Å². The van der Waals surface area contributed by atoms with E-state index >= 15 is 0 Å². The number of ether oxygens (including phenoxy) is 1. The molecule has 1 N–H and O–H groups in total. The molecule has 0 aliphatic carbocycles. The SMILES string of the molecule is CCCC1Oc2c(cc3ccccc3c2Br)C1NCC. The van der Waals surface area contributed by atoms with Gasteiger partial charge in [-0.05, 0) is 45.7 Å². The van der Waals surface area contributed by atoms with E-state index in [0.29, 0.717) is 6.04 Å². The number of halogens is 1. The van der Waals surface area contributed by atoms with Gasteiger partial charge in [-0.3, -0.25) is 0 Å². The molecule has 1 aliphatic rings. The quantitative estimate of drug-likeness (QED) is 0.866. The fraction of sp³-hybridized carbons (Fsp3) is 0.412. The van der Waals surface area contributed by atoms with Gasteiger partial charge in [0, 0.05) is 5.56 Å². The summed E-state index contributed by atoms with van der Waals surface area (Å²) in [5, 5.41) is 6.07. The molecule has 0 aromatic heterocycles. The number of likely N-dealkylation sites (N-methyl/N-ethyl adjacent to an activating group) is 1. The predicted octanol–water partition coefficient (Wildman–Crippen LogP) is 4.81. The minimum atomic E-state index is 0.239. The molecule has 3 rings (SSSR count). The summed E-state index contributed by atoms with van der Waals surface area (Å²) in [6.45, 7) is 5.32. The maximum Gasteiger partial charge on any atom is 0.139 e. The first-order chi connectivity index (χ1) is 9.76. The lowest BCUT2D eigenvalue weighted by Crippen LogP contribution is -2.30. The van der Waals surface area contributed by atoms with Gasteiger partial charge in [0.1, 0.15) is 11.9 Å². The average Bonchev–Trinajstić information content (AvgIpc) is 2.79. The smallest absolute Gasteiger partial charge is 0.139 e. The van der Waals surface area contributed by atoms with Gasteiger partial charge < -0.3 is 10.1 Å². The van der Waals surface area contributed by atoms with Crippen LogP contribution in [0.4, 0.5) is 0 Å². The minimum Gasteiger partial charge on any atom is -0.487 e. The summed E-state index contributed by atoms with van der Waals surface area (Å²) in [6, 6.07) is 11.0. The third-order valence-electron chi connectivity index (χ3n) is 3.94. The summed E-state index contributed by atoms with van der Waals surface area (Å²) in [4.78, 5) is 0. The number of nitrogens with one attached hydrogen (secondary N) is 1. The van der Waals surface area contributed by atoms with Crippen molar-refractivity contribution in [2.45, 2.75) is 38.8 Å². The lowest BCUT2D eigenvalue weighted by Gasteiger charge is -2.19. The normalized spacial score (nSPS) is 20.9. The van der Waals surface area contributed by atoms with Crippen LogP contribution >= 0.6 is 15.9 Å². The Morgan fingerprint density at radius 2 is 2.05 bits per heavy atom. The Hall–Kier alpha value is -1.06. The first-order valence-corrected chi connectivity index (χ1v) is 8.16. The molecule has 3 heteroatoms. The van der Waals surface area contributed by atoms with Gasteiger partial charge in [0.2, 0.25) is 0 Å². The molecule has 0 fully saturated rings. The lowest BCUT2D eigenvalue weighted by molar-refractivity contribution is 0.178. The lowest BCUT2D eigenvalue weighted by atomic mass is 9.98. The molecule has 106 valence electrons. The van der Waals surface area contributed by atoms with Gasteiger partial charge in [-0.25, -0.2) is 0 Å². The standard InChI is InChI=1S/C17H20BrNO/c1-3-7-14-16(19-4-2)13-10-11-8-5-6-9-12(11)15(18)17(13)20-14/h5-6,8-10,14,16,19H,3-4,7H2,1-2H3. The maximum atomic E-state index is 6.24. The van der Waals surface area contributed by atoms with Crippen LogP contribution in [0.15, 0.2) is 34.8 Å². The van der Waals surface area contributed by atoms with E-state index in [2.05, 4.69) is 65.4 Å². The third-order valence-corrected chi connectivity index (χ3v) is 4.73. The Morgan fingerprint density at radius 1 is 1.25 bits per heavy atom. The van der Waals surface area contributed by atoms with E-state index in [0.717, 1.165) is 29.6 Å². The molecule has 20 heavy (non-hydrogen) atoms. The zero-order valence-electron chi connectivity index (χ0n) is 11.9. The van der Waals surface area contributed by atoms with Gasteiger partial charge in [0.15, 0.2) is 0 Å². The monoisotopic (exact) mass is 333 g/mol. The second-order valence-electron chi connectivity index (χ2n) is 5.31. The average molecular weight is 334 g/mol. The van der Waals surface area contributed by atoms with Crippen molar-refractivity contribution < 1.29 is 4.74 Å². The number of hydrogen-bond donors (Lipinski definition) is 1. The van der Waals surface area contributed by atoms with Crippen molar-refractivity contribution >= 4 is 26.7 Å². The second-order valence-corrected chi connectivity index (χ2v) is 6.10. The van der Waals surface area contributed by atoms with Crippen molar-refractivity contribution in [3.05, 3.63) is 40.4 Å². The van der Waals surface area contributed by atoms with Gasteiger partial charge in [0.25, 0.3) is 0 Å². The Bertz CT molecular complexity index is 626. The van der Waals surface area contributed by atoms with Crippen LogP contribution in [0.2, 0.25) is 0 Å². The second kappa shape index (κ2) is 5.74. The van der Waals surface area contributed by atoms with Gasteiger partial charge in [-0.1, -0.05) is 44.5 Å². The molecule has 0 saturated carbocycles. The Labute approximate surface area is 128 Å². The zero-order valence-corrected chi connectivity index (χ0v) is 13.5. The molecule has 0 saturated heterocycles. The predicted molar refractivity (Wildman–Crippen MR) is 87.4 cm³/mol. The summed E-state index contributed by atoms with van der Waals surface area (Å²) in [7, 11) is 0. The molecule has 2 aromatic carbocycles. The maximum absolute atomic E-state index is 6.24. The van der Waals surface area contributed by atoms with Crippen LogP contribution < -0.4 is 10.1 Å². The molecule has 2 unspecified atom stereocenters. The van der Waals surface area contributed by atoms with Crippen molar-refractivity contribution in [1.82, 2.24) is 5.32 Å². The highest BCUT2D eigenvalue weighted by molar-refractivity contribution is 9.10. The summed E-state index contributed by atoms with van der Waals surface area (Å²) >= 11 is 3.74.